The van der Waals surface area contributed by atoms with E-state index in [9.17, 15) is 4.79 Å². The molecular formula is C12H12Cl2N2O2. The maximum atomic E-state index is 11.8. The number of amides is 1. The Kier molecular flexibility index (Phi) is 3.09. The number of carbonyl (C=O) groups excluding carboxylic acids is 1. The molecule has 3 rings (SSSR count). The Balaban J connectivity index is 2.09. The molecule has 1 aromatic carbocycles. The topological polar surface area (TPSA) is 41.6 Å². The van der Waals surface area contributed by atoms with E-state index in [1.807, 2.05) is 6.07 Å². The van der Waals surface area contributed by atoms with Crippen LogP contribution in [-0.4, -0.2) is 31.7 Å². The zero-order valence-electron chi connectivity index (χ0n) is 9.58. The summed E-state index contributed by atoms with van der Waals surface area (Å²) in [4.78, 5) is 14.0. The summed E-state index contributed by atoms with van der Waals surface area (Å²) in [6.07, 6.45) is 0.421. The van der Waals surface area contributed by atoms with Crippen LogP contribution in [-0.2, 0) is 9.53 Å². The first-order valence-corrected chi connectivity index (χ1v) is 6.54. The first-order valence-electron chi connectivity index (χ1n) is 5.78. The number of rotatable bonds is 0. The zero-order chi connectivity index (χ0) is 12.7. The number of benzene rings is 1. The van der Waals surface area contributed by atoms with Crippen molar-refractivity contribution in [3.05, 3.63) is 22.2 Å². The Morgan fingerprint density at radius 2 is 2.11 bits per heavy atom. The van der Waals surface area contributed by atoms with E-state index in [0.29, 0.717) is 29.7 Å². The highest BCUT2D eigenvalue weighted by molar-refractivity contribution is 6.42. The highest BCUT2D eigenvalue weighted by atomic mass is 35.5. The number of hydrogen-bond acceptors (Lipinski definition) is 3. The Bertz CT molecular complexity index is 507. The Labute approximate surface area is 115 Å². The van der Waals surface area contributed by atoms with Gasteiger partial charge in [0, 0.05) is 13.0 Å². The second-order valence-corrected chi connectivity index (χ2v) is 5.27. The number of hydrogen-bond donors (Lipinski definition) is 1. The van der Waals surface area contributed by atoms with Gasteiger partial charge in [0.25, 0.3) is 0 Å². The van der Waals surface area contributed by atoms with E-state index >= 15 is 0 Å². The summed E-state index contributed by atoms with van der Waals surface area (Å²) in [6, 6.07) is 3.58. The fraction of sp³-hybridized carbons (Fsp3) is 0.417. The van der Waals surface area contributed by atoms with Gasteiger partial charge in [0.1, 0.15) is 0 Å². The molecule has 1 aromatic rings. The molecule has 6 heteroatoms. The van der Waals surface area contributed by atoms with E-state index in [1.165, 1.54) is 0 Å². The van der Waals surface area contributed by atoms with Crippen LogP contribution in [0.2, 0.25) is 10.0 Å². The van der Waals surface area contributed by atoms with Crippen molar-refractivity contribution < 1.29 is 9.53 Å². The van der Waals surface area contributed by atoms with Gasteiger partial charge in [-0.25, -0.2) is 0 Å². The summed E-state index contributed by atoms with van der Waals surface area (Å²) in [5, 5.41) is 3.81. The Morgan fingerprint density at radius 1 is 1.33 bits per heavy atom. The van der Waals surface area contributed by atoms with Crippen molar-refractivity contribution in [2.45, 2.75) is 12.5 Å². The molecule has 0 bridgehead atoms. The minimum absolute atomic E-state index is 0.0207. The summed E-state index contributed by atoms with van der Waals surface area (Å²) in [5.74, 6) is -0.0207. The average molecular weight is 287 g/mol. The van der Waals surface area contributed by atoms with Crippen molar-refractivity contribution in [3.63, 3.8) is 0 Å². The quantitative estimate of drug-likeness (QED) is 0.797. The van der Waals surface area contributed by atoms with Gasteiger partial charge in [-0.3, -0.25) is 4.79 Å². The van der Waals surface area contributed by atoms with Gasteiger partial charge < -0.3 is 15.0 Å². The fourth-order valence-corrected chi connectivity index (χ4v) is 2.75. The first kappa shape index (κ1) is 12.1. The second-order valence-electron chi connectivity index (χ2n) is 4.46. The minimum Gasteiger partial charge on any atom is -0.377 e. The SMILES string of the molecule is O=C1CC2COCCN2c2cc(Cl)c(Cl)cc2N1. The number of morpholine rings is 1. The molecule has 0 spiro atoms. The van der Waals surface area contributed by atoms with Gasteiger partial charge in [-0.2, -0.15) is 0 Å². The smallest absolute Gasteiger partial charge is 0.226 e. The number of carbonyl (C=O) groups is 1. The average Bonchev–Trinajstić information content (AvgIpc) is 2.46. The number of fused-ring (bicyclic) bond motifs is 3. The number of halogens is 2. The minimum atomic E-state index is -0.0207. The molecular weight excluding hydrogens is 275 g/mol. The predicted molar refractivity (Wildman–Crippen MR) is 71.7 cm³/mol. The van der Waals surface area contributed by atoms with E-state index < -0.39 is 0 Å². The third-order valence-electron chi connectivity index (χ3n) is 3.27. The van der Waals surface area contributed by atoms with Crippen molar-refractivity contribution in [2.75, 3.05) is 30.0 Å². The van der Waals surface area contributed by atoms with Crippen LogP contribution in [0.5, 0.6) is 0 Å². The van der Waals surface area contributed by atoms with Crippen LogP contribution in [0.3, 0.4) is 0 Å². The Morgan fingerprint density at radius 3 is 2.94 bits per heavy atom. The lowest BCUT2D eigenvalue weighted by atomic mass is 10.1. The van der Waals surface area contributed by atoms with Crippen molar-refractivity contribution >= 4 is 40.5 Å². The van der Waals surface area contributed by atoms with Gasteiger partial charge in [0.05, 0.1) is 40.7 Å². The van der Waals surface area contributed by atoms with Gasteiger partial charge in [-0.1, -0.05) is 23.2 Å². The third kappa shape index (κ3) is 2.05. The molecule has 96 valence electrons. The van der Waals surface area contributed by atoms with Gasteiger partial charge in [-0.05, 0) is 12.1 Å². The highest BCUT2D eigenvalue weighted by Crippen LogP contribution is 2.38. The molecule has 1 atom stereocenters. The van der Waals surface area contributed by atoms with Crippen LogP contribution in [0.1, 0.15) is 6.42 Å². The van der Waals surface area contributed by atoms with Gasteiger partial charge in [0.2, 0.25) is 5.91 Å². The molecule has 2 heterocycles. The lowest BCUT2D eigenvalue weighted by Crippen LogP contribution is -2.45. The first-order chi connectivity index (χ1) is 8.65. The molecule has 1 unspecified atom stereocenters. The summed E-state index contributed by atoms with van der Waals surface area (Å²) in [5.41, 5.74) is 1.64. The maximum Gasteiger partial charge on any atom is 0.226 e. The lowest BCUT2D eigenvalue weighted by Gasteiger charge is -2.36. The van der Waals surface area contributed by atoms with Crippen molar-refractivity contribution in [1.82, 2.24) is 0 Å². The zero-order valence-corrected chi connectivity index (χ0v) is 11.1. The van der Waals surface area contributed by atoms with E-state index in [4.69, 9.17) is 27.9 Å². The summed E-state index contributed by atoms with van der Waals surface area (Å²) in [7, 11) is 0. The van der Waals surface area contributed by atoms with E-state index in [2.05, 4.69) is 10.2 Å². The molecule has 0 aliphatic carbocycles. The van der Waals surface area contributed by atoms with Gasteiger partial charge >= 0.3 is 0 Å². The van der Waals surface area contributed by atoms with Crippen LogP contribution in [0, 0.1) is 0 Å². The standard InChI is InChI=1S/C12H12Cl2N2O2/c13-8-4-10-11(5-9(8)14)16-1-2-18-6-7(16)3-12(17)15-10/h4-5,7H,1-3,6H2,(H,15,17). The number of ether oxygens (including phenoxy) is 1. The molecule has 1 fully saturated rings. The van der Waals surface area contributed by atoms with Crippen LogP contribution in [0.15, 0.2) is 12.1 Å². The highest BCUT2D eigenvalue weighted by Gasteiger charge is 2.31. The second kappa shape index (κ2) is 4.61. The predicted octanol–water partition coefficient (Wildman–Crippen LogP) is 2.54. The van der Waals surface area contributed by atoms with E-state index in [1.54, 1.807) is 6.07 Å². The molecule has 2 aliphatic rings. The molecule has 4 nitrogen and oxygen atoms in total. The lowest BCUT2D eigenvalue weighted by molar-refractivity contribution is -0.116. The number of nitrogens with one attached hydrogen (secondary N) is 1. The monoisotopic (exact) mass is 286 g/mol. The van der Waals surface area contributed by atoms with Gasteiger partial charge in [-0.15, -0.1) is 0 Å². The summed E-state index contributed by atoms with van der Waals surface area (Å²) < 4.78 is 5.43. The molecule has 1 N–H and O–H groups in total. The van der Waals surface area contributed by atoms with Crippen LogP contribution < -0.4 is 10.2 Å². The largest absolute Gasteiger partial charge is 0.377 e. The number of anilines is 2. The molecule has 1 saturated heterocycles. The normalized spacial score (nSPS) is 22.9. The molecule has 0 radical (unpaired) electrons. The molecule has 18 heavy (non-hydrogen) atoms. The van der Waals surface area contributed by atoms with Gasteiger partial charge in [0.15, 0.2) is 0 Å². The molecule has 0 aromatic heterocycles. The van der Waals surface area contributed by atoms with E-state index in [0.717, 1.165) is 17.9 Å². The third-order valence-corrected chi connectivity index (χ3v) is 3.99. The van der Waals surface area contributed by atoms with Crippen molar-refractivity contribution in [2.24, 2.45) is 0 Å². The molecule has 2 aliphatic heterocycles. The summed E-state index contributed by atoms with van der Waals surface area (Å²) in [6.45, 7) is 1.97. The van der Waals surface area contributed by atoms with Crippen LogP contribution in [0.25, 0.3) is 0 Å². The van der Waals surface area contributed by atoms with Crippen molar-refractivity contribution in [3.8, 4) is 0 Å². The van der Waals surface area contributed by atoms with Crippen LogP contribution >= 0.6 is 23.2 Å². The van der Waals surface area contributed by atoms with E-state index in [-0.39, 0.29) is 11.9 Å². The molecule has 1 amide bonds. The Hall–Kier alpha value is -0.970. The van der Waals surface area contributed by atoms with Crippen LogP contribution in [0.4, 0.5) is 11.4 Å². The van der Waals surface area contributed by atoms with Crippen molar-refractivity contribution in [1.29, 1.82) is 0 Å². The number of nitrogens with zero attached hydrogens (tertiary/aromatic N) is 1. The maximum absolute atomic E-state index is 11.8. The summed E-state index contributed by atoms with van der Waals surface area (Å²) >= 11 is 12.1. The fourth-order valence-electron chi connectivity index (χ4n) is 2.43. The molecule has 0 saturated carbocycles.